The second-order valence-corrected chi connectivity index (χ2v) is 4.04. The van der Waals surface area contributed by atoms with Crippen molar-refractivity contribution < 1.29 is 9.59 Å². The fourth-order valence-electron chi connectivity index (χ4n) is 1.74. The van der Waals surface area contributed by atoms with E-state index >= 15 is 0 Å². The highest BCUT2D eigenvalue weighted by Gasteiger charge is 2.36. The summed E-state index contributed by atoms with van der Waals surface area (Å²) in [6, 6.07) is 7.08. The van der Waals surface area contributed by atoms with Gasteiger partial charge in [-0.25, -0.2) is 0 Å². The number of carbonyl (C=O) groups is 2. The van der Waals surface area contributed by atoms with Crippen LogP contribution in [0.15, 0.2) is 24.3 Å². The third-order valence-electron chi connectivity index (χ3n) is 2.63. The summed E-state index contributed by atoms with van der Waals surface area (Å²) in [6.45, 7) is 0. The summed E-state index contributed by atoms with van der Waals surface area (Å²) in [6.07, 6.45) is 0.246. The van der Waals surface area contributed by atoms with Crippen LogP contribution < -0.4 is 0 Å². The summed E-state index contributed by atoms with van der Waals surface area (Å²) in [5.41, 5.74) is 0.810. The van der Waals surface area contributed by atoms with E-state index in [1.807, 2.05) is 6.07 Å². The molecule has 1 aliphatic heterocycles. The standard InChI is InChI=1S/C11H10ClNO2/c1-13-10(14)6-9(11(13)15)7-3-2-4-8(12)5-7/h2-5,9H,6H2,1H3. The average molecular weight is 224 g/mol. The third-order valence-corrected chi connectivity index (χ3v) is 2.87. The number of nitrogens with zero attached hydrogens (tertiary/aromatic N) is 1. The first-order chi connectivity index (χ1) is 7.09. The second-order valence-electron chi connectivity index (χ2n) is 3.60. The molecule has 1 atom stereocenters. The van der Waals surface area contributed by atoms with E-state index in [1.165, 1.54) is 11.9 Å². The number of benzene rings is 1. The predicted molar refractivity (Wildman–Crippen MR) is 56.6 cm³/mol. The molecule has 1 aromatic rings. The molecule has 0 spiro atoms. The molecule has 78 valence electrons. The molecule has 3 nitrogen and oxygen atoms in total. The number of imide groups is 1. The third kappa shape index (κ3) is 1.75. The maximum Gasteiger partial charge on any atom is 0.236 e. The fraction of sp³-hybridized carbons (Fsp3) is 0.273. The van der Waals surface area contributed by atoms with Crippen molar-refractivity contribution in [1.82, 2.24) is 4.90 Å². The van der Waals surface area contributed by atoms with Crippen LogP contribution in [0.2, 0.25) is 5.02 Å². The van der Waals surface area contributed by atoms with Gasteiger partial charge in [-0.1, -0.05) is 23.7 Å². The first-order valence-corrected chi connectivity index (χ1v) is 5.03. The fourth-order valence-corrected chi connectivity index (χ4v) is 1.94. The summed E-state index contributed by atoms with van der Waals surface area (Å²) in [4.78, 5) is 24.2. The zero-order valence-electron chi connectivity index (χ0n) is 8.24. The van der Waals surface area contributed by atoms with Crippen LogP contribution in [0.5, 0.6) is 0 Å². The van der Waals surface area contributed by atoms with E-state index in [2.05, 4.69) is 0 Å². The number of hydrogen-bond donors (Lipinski definition) is 0. The van der Waals surface area contributed by atoms with Crippen molar-refractivity contribution in [2.24, 2.45) is 0 Å². The van der Waals surface area contributed by atoms with Crippen LogP contribution >= 0.6 is 11.6 Å². The van der Waals surface area contributed by atoms with Crippen LogP contribution in [-0.2, 0) is 9.59 Å². The Balaban J connectivity index is 2.33. The van der Waals surface area contributed by atoms with Crippen molar-refractivity contribution in [2.75, 3.05) is 7.05 Å². The summed E-state index contributed by atoms with van der Waals surface area (Å²) in [5, 5.41) is 0.585. The molecule has 0 aliphatic carbocycles. The first-order valence-electron chi connectivity index (χ1n) is 4.65. The molecular formula is C11H10ClNO2. The van der Waals surface area contributed by atoms with E-state index in [1.54, 1.807) is 18.2 Å². The number of rotatable bonds is 1. The van der Waals surface area contributed by atoms with E-state index < -0.39 is 0 Å². The monoisotopic (exact) mass is 223 g/mol. The maximum absolute atomic E-state index is 11.7. The van der Waals surface area contributed by atoms with Crippen molar-refractivity contribution in [2.45, 2.75) is 12.3 Å². The van der Waals surface area contributed by atoms with Crippen molar-refractivity contribution in [3.63, 3.8) is 0 Å². The zero-order valence-corrected chi connectivity index (χ0v) is 8.99. The molecule has 2 amide bonds. The van der Waals surface area contributed by atoms with Crippen LogP contribution in [0, 0.1) is 0 Å². The maximum atomic E-state index is 11.7. The number of amides is 2. The number of halogens is 1. The average Bonchev–Trinajstić information content (AvgIpc) is 2.46. The molecule has 1 heterocycles. The van der Waals surface area contributed by atoms with Crippen LogP contribution in [-0.4, -0.2) is 23.8 Å². The zero-order chi connectivity index (χ0) is 11.0. The van der Waals surface area contributed by atoms with Crippen LogP contribution in [0.4, 0.5) is 0 Å². The molecule has 0 N–H and O–H groups in total. The summed E-state index contributed by atoms with van der Waals surface area (Å²) < 4.78 is 0. The smallest absolute Gasteiger partial charge is 0.236 e. The highest BCUT2D eigenvalue weighted by Crippen LogP contribution is 2.29. The lowest BCUT2D eigenvalue weighted by atomic mass is 9.98. The molecule has 1 fully saturated rings. The lowest BCUT2D eigenvalue weighted by Crippen LogP contribution is -2.25. The molecule has 2 rings (SSSR count). The van der Waals surface area contributed by atoms with Crippen molar-refractivity contribution in [3.05, 3.63) is 34.9 Å². The Bertz CT molecular complexity index is 430. The minimum atomic E-state index is -0.360. The van der Waals surface area contributed by atoms with Gasteiger partial charge in [-0.05, 0) is 17.7 Å². The number of hydrogen-bond acceptors (Lipinski definition) is 2. The van der Waals surface area contributed by atoms with Gasteiger partial charge in [0.15, 0.2) is 0 Å². The van der Waals surface area contributed by atoms with E-state index in [4.69, 9.17) is 11.6 Å². The van der Waals surface area contributed by atoms with Crippen LogP contribution in [0.3, 0.4) is 0 Å². The Hall–Kier alpha value is -1.35. The molecule has 0 saturated carbocycles. The highest BCUT2D eigenvalue weighted by molar-refractivity contribution is 6.30. The molecule has 1 saturated heterocycles. The van der Waals surface area contributed by atoms with Gasteiger partial charge in [0, 0.05) is 18.5 Å². The van der Waals surface area contributed by atoms with E-state index in [9.17, 15) is 9.59 Å². The van der Waals surface area contributed by atoms with Gasteiger partial charge in [0.2, 0.25) is 11.8 Å². The van der Waals surface area contributed by atoms with Crippen molar-refractivity contribution in [3.8, 4) is 0 Å². The lowest BCUT2D eigenvalue weighted by Gasteiger charge is -2.08. The van der Waals surface area contributed by atoms with Crippen LogP contribution in [0.25, 0.3) is 0 Å². The van der Waals surface area contributed by atoms with Gasteiger partial charge in [-0.2, -0.15) is 0 Å². The highest BCUT2D eigenvalue weighted by atomic mass is 35.5. The summed E-state index contributed by atoms with van der Waals surface area (Å²) in [7, 11) is 1.51. The second kappa shape index (κ2) is 3.66. The van der Waals surface area contributed by atoms with Gasteiger partial charge in [-0.15, -0.1) is 0 Å². The van der Waals surface area contributed by atoms with Gasteiger partial charge in [0.1, 0.15) is 0 Å². The largest absolute Gasteiger partial charge is 0.285 e. The molecule has 1 unspecified atom stereocenters. The van der Waals surface area contributed by atoms with Gasteiger partial charge >= 0.3 is 0 Å². The number of carbonyl (C=O) groups excluding carboxylic acids is 2. The van der Waals surface area contributed by atoms with E-state index in [0.717, 1.165) is 5.56 Å². The molecule has 0 bridgehead atoms. The first kappa shape index (κ1) is 10.2. The van der Waals surface area contributed by atoms with Crippen molar-refractivity contribution >= 4 is 23.4 Å². The quantitative estimate of drug-likeness (QED) is 0.681. The normalized spacial score (nSPS) is 21.2. The minimum absolute atomic E-state index is 0.134. The molecule has 0 radical (unpaired) electrons. The Morgan fingerprint density at radius 1 is 1.40 bits per heavy atom. The van der Waals surface area contributed by atoms with Gasteiger partial charge in [-0.3, -0.25) is 14.5 Å². The molecule has 1 aromatic carbocycles. The van der Waals surface area contributed by atoms with Crippen LogP contribution in [0.1, 0.15) is 17.9 Å². The lowest BCUT2D eigenvalue weighted by molar-refractivity contribution is -0.137. The van der Waals surface area contributed by atoms with E-state index in [-0.39, 0.29) is 24.2 Å². The molecule has 0 aromatic heterocycles. The molecular weight excluding hydrogens is 214 g/mol. The SMILES string of the molecule is CN1C(=O)CC(c2cccc(Cl)c2)C1=O. The summed E-state index contributed by atoms with van der Waals surface area (Å²) >= 11 is 5.83. The van der Waals surface area contributed by atoms with Gasteiger partial charge < -0.3 is 0 Å². The molecule has 1 aliphatic rings. The molecule has 4 heteroatoms. The Morgan fingerprint density at radius 2 is 2.13 bits per heavy atom. The Kier molecular flexibility index (Phi) is 2.49. The predicted octanol–water partition coefficient (Wildman–Crippen LogP) is 1.81. The molecule has 15 heavy (non-hydrogen) atoms. The number of likely N-dealkylation sites (tertiary alicyclic amines) is 1. The number of likely N-dealkylation sites (N-methyl/N-ethyl adjacent to an activating group) is 1. The Morgan fingerprint density at radius 3 is 2.67 bits per heavy atom. The van der Waals surface area contributed by atoms with Crippen molar-refractivity contribution in [1.29, 1.82) is 0 Å². The van der Waals surface area contributed by atoms with Gasteiger partial charge in [0.25, 0.3) is 0 Å². The van der Waals surface area contributed by atoms with Gasteiger partial charge in [0.05, 0.1) is 5.92 Å². The topological polar surface area (TPSA) is 37.4 Å². The minimum Gasteiger partial charge on any atom is -0.285 e. The summed E-state index contributed by atoms with van der Waals surface area (Å²) in [5.74, 6) is -0.645. The Labute approximate surface area is 92.6 Å². The van der Waals surface area contributed by atoms with E-state index in [0.29, 0.717) is 5.02 Å².